The van der Waals surface area contributed by atoms with Crippen molar-refractivity contribution in [3.63, 3.8) is 0 Å². The van der Waals surface area contributed by atoms with Gasteiger partial charge in [-0.15, -0.1) is 0 Å². The van der Waals surface area contributed by atoms with Gasteiger partial charge in [-0.1, -0.05) is 25.5 Å². The van der Waals surface area contributed by atoms with Gasteiger partial charge in [0.1, 0.15) is 5.75 Å². The third-order valence-electron chi connectivity index (χ3n) is 2.39. The van der Waals surface area contributed by atoms with Crippen LogP contribution >= 0.6 is 0 Å². The number of hydrogen-bond donors (Lipinski definition) is 1. The Hall–Kier alpha value is -1.53. The highest BCUT2D eigenvalue weighted by atomic mass is 16.5. The second-order valence-corrected chi connectivity index (χ2v) is 3.68. The molecule has 0 aliphatic rings. The van der Waals surface area contributed by atoms with Crippen molar-refractivity contribution in [1.29, 1.82) is 5.26 Å². The number of unbranched alkanes of at least 4 members (excludes halogenated alkanes) is 1. The third kappa shape index (κ3) is 3.56. The zero-order valence-corrected chi connectivity index (χ0v) is 9.70. The molecule has 0 amide bonds. The monoisotopic (exact) mass is 218 g/mol. The van der Waals surface area contributed by atoms with Gasteiger partial charge in [0.25, 0.3) is 0 Å². The van der Waals surface area contributed by atoms with E-state index in [2.05, 4.69) is 13.0 Å². The van der Waals surface area contributed by atoms with Gasteiger partial charge in [-0.2, -0.15) is 5.26 Å². The molecule has 0 aromatic heterocycles. The highest BCUT2D eigenvalue weighted by Gasteiger charge is 2.03. The number of rotatable bonds is 6. The largest absolute Gasteiger partial charge is 0.493 e. The van der Waals surface area contributed by atoms with Crippen molar-refractivity contribution < 1.29 is 4.74 Å². The van der Waals surface area contributed by atoms with Gasteiger partial charge in [0.05, 0.1) is 19.1 Å². The molecule has 0 spiro atoms. The number of nitrogens with two attached hydrogens (primary N) is 1. The average Bonchev–Trinajstić information content (AvgIpc) is 2.30. The first-order chi connectivity index (χ1) is 7.81. The smallest absolute Gasteiger partial charge is 0.124 e. The van der Waals surface area contributed by atoms with Crippen LogP contribution in [0.5, 0.6) is 5.75 Å². The summed E-state index contributed by atoms with van der Waals surface area (Å²) >= 11 is 0. The van der Waals surface area contributed by atoms with Crippen LogP contribution in [0.2, 0.25) is 0 Å². The maximum Gasteiger partial charge on any atom is 0.124 e. The normalized spacial score (nSPS) is 9.81. The zero-order valence-electron chi connectivity index (χ0n) is 9.70. The molecule has 86 valence electrons. The molecule has 0 aliphatic carbocycles. The van der Waals surface area contributed by atoms with Gasteiger partial charge in [0.15, 0.2) is 0 Å². The summed E-state index contributed by atoms with van der Waals surface area (Å²) in [6.07, 6.45) is 2.55. The van der Waals surface area contributed by atoms with E-state index >= 15 is 0 Å². The maximum atomic E-state index is 8.64. The Morgan fingerprint density at radius 2 is 2.25 bits per heavy atom. The van der Waals surface area contributed by atoms with E-state index in [9.17, 15) is 0 Å². The first kappa shape index (κ1) is 12.5. The fourth-order valence-corrected chi connectivity index (χ4v) is 1.43. The van der Waals surface area contributed by atoms with E-state index in [1.807, 2.05) is 18.2 Å². The van der Waals surface area contributed by atoms with Crippen LogP contribution in [-0.4, -0.2) is 6.61 Å². The van der Waals surface area contributed by atoms with Crippen LogP contribution in [0.3, 0.4) is 0 Å². The molecule has 3 nitrogen and oxygen atoms in total. The van der Waals surface area contributed by atoms with Gasteiger partial charge >= 0.3 is 0 Å². The van der Waals surface area contributed by atoms with Crippen LogP contribution in [-0.2, 0) is 13.0 Å². The fourth-order valence-electron chi connectivity index (χ4n) is 1.43. The molecule has 0 unspecified atom stereocenters. The lowest BCUT2D eigenvalue weighted by molar-refractivity contribution is 0.306. The summed E-state index contributed by atoms with van der Waals surface area (Å²) < 4.78 is 5.67. The molecule has 3 heteroatoms. The predicted molar refractivity (Wildman–Crippen MR) is 64.1 cm³/mol. The molecule has 0 heterocycles. The Labute approximate surface area is 96.8 Å². The van der Waals surface area contributed by atoms with Crippen molar-refractivity contribution in [2.45, 2.75) is 32.7 Å². The van der Waals surface area contributed by atoms with Crippen LogP contribution in [0.25, 0.3) is 0 Å². The summed E-state index contributed by atoms with van der Waals surface area (Å²) in [4.78, 5) is 0. The lowest BCUT2D eigenvalue weighted by atomic mass is 10.1. The molecule has 16 heavy (non-hydrogen) atoms. The van der Waals surface area contributed by atoms with Crippen molar-refractivity contribution >= 4 is 0 Å². The molecule has 1 aromatic carbocycles. The van der Waals surface area contributed by atoms with Gasteiger partial charge < -0.3 is 10.5 Å². The second-order valence-electron chi connectivity index (χ2n) is 3.68. The Balaban J connectivity index is 2.76. The fraction of sp³-hybridized carbons (Fsp3) is 0.462. The summed E-state index contributed by atoms with van der Waals surface area (Å²) in [6.45, 7) is 3.30. The summed E-state index contributed by atoms with van der Waals surface area (Å²) in [6, 6.07) is 7.91. The van der Waals surface area contributed by atoms with E-state index in [1.165, 1.54) is 0 Å². The minimum Gasteiger partial charge on any atom is -0.493 e. The molecule has 0 fully saturated rings. The number of hydrogen-bond acceptors (Lipinski definition) is 3. The Bertz CT molecular complexity index is 369. The molecule has 0 aliphatic heterocycles. The molecular formula is C13H18N2O. The molecule has 1 aromatic rings. The van der Waals surface area contributed by atoms with E-state index in [1.54, 1.807) is 0 Å². The van der Waals surface area contributed by atoms with E-state index in [0.717, 1.165) is 29.7 Å². The number of benzene rings is 1. The summed E-state index contributed by atoms with van der Waals surface area (Å²) in [5.74, 6) is 0.823. The highest BCUT2D eigenvalue weighted by Crippen LogP contribution is 2.20. The molecule has 2 N–H and O–H groups in total. The van der Waals surface area contributed by atoms with Gasteiger partial charge in [-0.05, 0) is 18.1 Å². The molecular weight excluding hydrogens is 200 g/mol. The Morgan fingerprint density at radius 1 is 1.44 bits per heavy atom. The number of ether oxygens (including phenoxy) is 1. The molecule has 0 saturated heterocycles. The van der Waals surface area contributed by atoms with Crippen LogP contribution in [0, 0.1) is 11.3 Å². The Kier molecular flexibility index (Phi) is 5.38. The van der Waals surface area contributed by atoms with Gasteiger partial charge in [0, 0.05) is 12.1 Å². The van der Waals surface area contributed by atoms with Gasteiger partial charge in [-0.25, -0.2) is 0 Å². The molecule has 0 atom stereocenters. The van der Waals surface area contributed by atoms with Crippen LogP contribution in [0.4, 0.5) is 0 Å². The van der Waals surface area contributed by atoms with E-state index in [0.29, 0.717) is 19.6 Å². The second kappa shape index (κ2) is 6.86. The number of nitrogens with zero attached hydrogens (tertiary/aromatic N) is 1. The van der Waals surface area contributed by atoms with Gasteiger partial charge in [0.2, 0.25) is 0 Å². The van der Waals surface area contributed by atoms with Crippen molar-refractivity contribution in [1.82, 2.24) is 0 Å². The van der Waals surface area contributed by atoms with Crippen LogP contribution < -0.4 is 10.5 Å². The summed E-state index contributed by atoms with van der Waals surface area (Å²) in [7, 11) is 0. The maximum absolute atomic E-state index is 8.64. The lowest BCUT2D eigenvalue weighted by Crippen LogP contribution is -2.04. The average molecular weight is 218 g/mol. The zero-order chi connectivity index (χ0) is 11.8. The standard InChI is InChI=1S/C13H18N2O/c1-2-3-8-16-13-9-11(6-7-14)4-5-12(13)10-15/h4-5,9H,2-3,6,8,10,15H2,1H3. The van der Waals surface area contributed by atoms with Crippen molar-refractivity contribution in [3.8, 4) is 11.8 Å². The third-order valence-corrected chi connectivity index (χ3v) is 2.39. The van der Waals surface area contributed by atoms with E-state index in [4.69, 9.17) is 15.7 Å². The SMILES string of the molecule is CCCCOc1cc(CC#N)ccc1CN. The van der Waals surface area contributed by atoms with E-state index < -0.39 is 0 Å². The molecule has 0 radical (unpaired) electrons. The van der Waals surface area contributed by atoms with Crippen molar-refractivity contribution in [2.75, 3.05) is 6.61 Å². The first-order valence-corrected chi connectivity index (χ1v) is 5.63. The highest BCUT2D eigenvalue weighted by molar-refractivity contribution is 5.38. The quantitative estimate of drug-likeness (QED) is 0.746. The predicted octanol–water partition coefficient (Wildman–Crippen LogP) is 2.39. The molecule has 1 rings (SSSR count). The first-order valence-electron chi connectivity index (χ1n) is 5.63. The van der Waals surface area contributed by atoms with E-state index in [-0.39, 0.29) is 0 Å². The lowest BCUT2D eigenvalue weighted by Gasteiger charge is -2.11. The summed E-state index contributed by atoms with van der Waals surface area (Å²) in [5, 5.41) is 8.64. The van der Waals surface area contributed by atoms with Gasteiger partial charge in [-0.3, -0.25) is 0 Å². The number of nitriles is 1. The minimum absolute atomic E-state index is 0.412. The topological polar surface area (TPSA) is 59.0 Å². The van der Waals surface area contributed by atoms with Crippen LogP contribution in [0.15, 0.2) is 18.2 Å². The Morgan fingerprint density at radius 3 is 2.88 bits per heavy atom. The molecule has 0 bridgehead atoms. The molecule has 0 saturated carbocycles. The van der Waals surface area contributed by atoms with Crippen LogP contribution in [0.1, 0.15) is 30.9 Å². The van der Waals surface area contributed by atoms with Crippen molar-refractivity contribution in [2.24, 2.45) is 5.73 Å². The summed E-state index contributed by atoms with van der Waals surface area (Å²) in [5.41, 5.74) is 7.61. The van der Waals surface area contributed by atoms with Crippen molar-refractivity contribution in [3.05, 3.63) is 29.3 Å². The minimum atomic E-state index is 0.412.